The molecule has 27 heavy (non-hydrogen) atoms. The van der Waals surface area contributed by atoms with Gasteiger partial charge in [-0.05, 0) is 48.4 Å². The van der Waals surface area contributed by atoms with Gasteiger partial charge in [0, 0.05) is 17.8 Å². The highest BCUT2D eigenvalue weighted by atomic mass is 35.5. The zero-order valence-corrected chi connectivity index (χ0v) is 15.9. The molecule has 1 amide bonds. The molecule has 0 saturated carbocycles. The Morgan fingerprint density at radius 2 is 1.96 bits per heavy atom. The number of benzene rings is 2. The number of rotatable bonds is 6. The van der Waals surface area contributed by atoms with Gasteiger partial charge in [0.1, 0.15) is 11.6 Å². The maximum absolute atomic E-state index is 12.3. The molecule has 0 saturated heterocycles. The van der Waals surface area contributed by atoms with Crippen LogP contribution in [0.1, 0.15) is 21.5 Å². The molecular weight excluding hydrogens is 362 g/mol. The van der Waals surface area contributed by atoms with E-state index in [0.717, 1.165) is 22.6 Å². The summed E-state index contributed by atoms with van der Waals surface area (Å²) in [6.45, 7) is 2.36. The topological polar surface area (TPSA) is 63.2 Å². The molecule has 2 aromatic carbocycles. The van der Waals surface area contributed by atoms with Crippen LogP contribution in [0.15, 0.2) is 60.8 Å². The molecule has 1 heterocycles. The smallest absolute Gasteiger partial charge is 0.253 e. The zero-order valence-electron chi connectivity index (χ0n) is 15.1. The van der Waals surface area contributed by atoms with Gasteiger partial charge in [-0.1, -0.05) is 35.9 Å². The Morgan fingerprint density at radius 1 is 1.15 bits per heavy atom. The number of aromatic nitrogens is 1. The third-order valence-corrected chi connectivity index (χ3v) is 4.41. The van der Waals surface area contributed by atoms with E-state index in [2.05, 4.69) is 15.6 Å². The number of carbonyl (C=O) groups is 1. The highest BCUT2D eigenvalue weighted by Gasteiger charge is 2.09. The highest BCUT2D eigenvalue weighted by molar-refractivity contribution is 6.31. The SMILES string of the molecule is COc1ccc(C)cc1Nc1ccc(C(=O)NCc2ccccc2Cl)cn1. The number of carbonyl (C=O) groups excluding carboxylic acids is 1. The van der Waals surface area contributed by atoms with Crippen molar-refractivity contribution in [3.63, 3.8) is 0 Å². The molecule has 0 spiro atoms. The largest absolute Gasteiger partial charge is 0.495 e. The second-order valence-corrected chi connectivity index (χ2v) is 6.44. The van der Waals surface area contributed by atoms with Crippen LogP contribution in [-0.2, 0) is 6.54 Å². The Balaban J connectivity index is 1.65. The summed E-state index contributed by atoms with van der Waals surface area (Å²) in [5.74, 6) is 1.15. The van der Waals surface area contributed by atoms with Crippen molar-refractivity contribution >= 4 is 29.0 Å². The molecule has 0 aliphatic rings. The molecule has 1 aromatic heterocycles. The van der Waals surface area contributed by atoms with Gasteiger partial charge in [-0.2, -0.15) is 0 Å². The van der Waals surface area contributed by atoms with Crippen LogP contribution >= 0.6 is 11.6 Å². The van der Waals surface area contributed by atoms with Gasteiger partial charge in [-0.25, -0.2) is 4.98 Å². The first-order valence-electron chi connectivity index (χ1n) is 8.46. The van der Waals surface area contributed by atoms with Crippen LogP contribution in [0.25, 0.3) is 0 Å². The average Bonchev–Trinajstić information content (AvgIpc) is 2.68. The number of nitrogens with zero attached hydrogens (tertiary/aromatic N) is 1. The van der Waals surface area contributed by atoms with E-state index in [1.165, 1.54) is 6.20 Å². The first kappa shape index (κ1) is 18.7. The minimum Gasteiger partial charge on any atom is -0.495 e. The Labute approximate surface area is 163 Å². The summed E-state index contributed by atoms with van der Waals surface area (Å²) >= 11 is 6.11. The summed E-state index contributed by atoms with van der Waals surface area (Å²) in [7, 11) is 1.62. The monoisotopic (exact) mass is 381 g/mol. The van der Waals surface area contributed by atoms with Gasteiger partial charge in [0.15, 0.2) is 0 Å². The fourth-order valence-corrected chi connectivity index (χ4v) is 2.78. The van der Waals surface area contributed by atoms with Crippen LogP contribution < -0.4 is 15.4 Å². The van der Waals surface area contributed by atoms with Crippen molar-refractivity contribution in [3.8, 4) is 5.75 Å². The standard InChI is InChI=1S/C21H20ClN3O2/c1-14-7-9-19(27-2)18(11-14)25-20-10-8-16(13-23-20)21(26)24-12-15-5-3-4-6-17(15)22/h3-11,13H,12H2,1-2H3,(H,23,25)(H,24,26). The lowest BCUT2D eigenvalue weighted by Gasteiger charge is -2.12. The predicted molar refractivity (Wildman–Crippen MR) is 108 cm³/mol. The normalized spacial score (nSPS) is 10.3. The fourth-order valence-electron chi connectivity index (χ4n) is 2.58. The van der Waals surface area contributed by atoms with E-state index in [-0.39, 0.29) is 5.91 Å². The number of amides is 1. The Morgan fingerprint density at radius 3 is 2.67 bits per heavy atom. The Hall–Kier alpha value is -3.05. The second kappa shape index (κ2) is 8.56. The lowest BCUT2D eigenvalue weighted by Crippen LogP contribution is -2.23. The Bertz CT molecular complexity index is 942. The van der Waals surface area contributed by atoms with Crippen LogP contribution in [-0.4, -0.2) is 18.0 Å². The van der Waals surface area contributed by atoms with Crippen LogP contribution in [0.5, 0.6) is 5.75 Å². The third kappa shape index (κ3) is 4.77. The molecular formula is C21H20ClN3O2. The van der Waals surface area contributed by atoms with Crippen molar-refractivity contribution in [1.29, 1.82) is 0 Å². The highest BCUT2D eigenvalue weighted by Crippen LogP contribution is 2.27. The van der Waals surface area contributed by atoms with E-state index in [0.29, 0.717) is 22.9 Å². The maximum atomic E-state index is 12.3. The third-order valence-electron chi connectivity index (χ3n) is 4.04. The number of methoxy groups -OCH3 is 1. The number of nitrogens with one attached hydrogen (secondary N) is 2. The van der Waals surface area contributed by atoms with Crippen molar-refractivity contribution in [1.82, 2.24) is 10.3 Å². The van der Waals surface area contributed by atoms with E-state index >= 15 is 0 Å². The van der Waals surface area contributed by atoms with E-state index < -0.39 is 0 Å². The van der Waals surface area contributed by atoms with Crippen LogP contribution in [0.4, 0.5) is 11.5 Å². The van der Waals surface area contributed by atoms with E-state index in [9.17, 15) is 4.79 Å². The molecule has 6 heteroatoms. The summed E-state index contributed by atoms with van der Waals surface area (Å²) in [6, 6.07) is 16.7. The number of aryl methyl sites for hydroxylation is 1. The van der Waals surface area contributed by atoms with Gasteiger partial charge in [-0.15, -0.1) is 0 Å². The van der Waals surface area contributed by atoms with Crippen molar-refractivity contribution in [2.24, 2.45) is 0 Å². The van der Waals surface area contributed by atoms with Crippen molar-refractivity contribution in [2.75, 3.05) is 12.4 Å². The van der Waals surface area contributed by atoms with Gasteiger partial charge in [-0.3, -0.25) is 4.79 Å². The van der Waals surface area contributed by atoms with Gasteiger partial charge >= 0.3 is 0 Å². The molecule has 0 aliphatic heterocycles. The maximum Gasteiger partial charge on any atom is 0.253 e. The molecule has 2 N–H and O–H groups in total. The lowest BCUT2D eigenvalue weighted by molar-refractivity contribution is 0.0950. The number of hydrogen-bond acceptors (Lipinski definition) is 4. The molecule has 0 atom stereocenters. The summed E-state index contributed by atoms with van der Waals surface area (Å²) in [6.07, 6.45) is 1.53. The van der Waals surface area contributed by atoms with Gasteiger partial charge < -0.3 is 15.4 Å². The number of anilines is 2. The zero-order chi connectivity index (χ0) is 19.2. The van der Waals surface area contributed by atoms with E-state index in [4.69, 9.17) is 16.3 Å². The Kier molecular flexibility index (Phi) is 5.94. The summed E-state index contributed by atoms with van der Waals surface area (Å²) < 4.78 is 5.35. The van der Waals surface area contributed by atoms with Crippen molar-refractivity contribution in [3.05, 3.63) is 82.5 Å². The first-order valence-corrected chi connectivity index (χ1v) is 8.84. The quantitative estimate of drug-likeness (QED) is 0.648. The molecule has 5 nitrogen and oxygen atoms in total. The van der Waals surface area contributed by atoms with Gasteiger partial charge in [0.05, 0.1) is 18.4 Å². The first-order chi connectivity index (χ1) is 13.1. The molecule has 0 aliphatic carbocycles. The molecule has 0 bridgehead atoms. The summed E-state index contributed by atoms with van der Waals surface area (Å²) in [4.78, 5) is 16.6. The summed E-state index contributed by atoms with van der Waals surface area (Å²) in [5.41, 5.74) is 3.27. The van der Waals surface area contributed by atoms with E-state index in [1.807, 2.05) is 43.3 Å². The lowest BCUT2D eigenvalue weighted by atomic mass is 10.2. The number of pyridine rings is 1. The van der Waals surface area contributed by atoms with Crippen molar-refractivity contribution < 1.29 is 9.53 Å². The van der Waals surface area contributed by atoms with Gasteiger partial charge in [0.2, 0.25) is 0 Å². The molecule has 138 valence electrons. The number of hydrogen-bond donors (Lipinski definition) is 2. The molecule has 3 aromatic rings. The second-order valence-electron chi connectivity index (χ2n) is 6.03. The predicted octanol–water partition coefficient (Wildman–Crippen LogP) is 4.73. The van der Waals surface area contributed by atoms with Crippen molar-refractivity contribution in [2.45, 2.75) is 13.5 Å². The minimum atomic E-state index is -0.206. The van der Waals surface area contributed by atoms with Crippen LogP contribution in [0.3, 0.4) is 0 Å². The minimum absolute atomic E-state index is 0.206. The fraction of sp³-hybridized carbons (Fsp3) is 0.143. The van der Waals surface area contributed by atoms with Crippen LogP contribution in [0.2, 0.25) is 5.02 Å². The number of halogens is 1. The molecule has 0 fully saturated rings. The molecule has 0 radical (unpaired) electrons. The average molecular weight is 382 g/mol. The van der Waals surface area contributed by atoms with Gasteiger partial charge in [0.25, 0.3) is 5.91 Å². The number of ether oxygens (including phenoxy) is 1. The van der Waals surface area contributed by atoms with Crippen LogP contribution in [0, 0.1) is 6.92 Å². The summed E-state index contributed by atoms with van der Waals surface area (Å²) in [5, 5.41) is 6.69. The van der Waals surface area contributed by atoms with E-state index in [1.54, 1.807) is 25.3 Å². The molecule has 0 unspecified atom stereocenters. The molecule has 3 rings (SSSR count).